The molecule has 5 heteroatoms. The fourth-order valence-corrected chi connectivity index (χ4v) is 4.06. The number of benzene rings is 2. The number of rotatable bonds is 9. The molecule has 0 spiro atoms. The molecule has 0 heterocycles. The van der Waals surface area contributed by atoms with Gasteiger partial charge in [-0.25, -0.2) is 4.79 Å². The van der Waals surface area contributed by atoms with E-state index in [9.17, 15) is 4.79 Å². The van der Waals surface area contributed by atoms with Gasteiger partial charge in [-0.2, -0.15) is 0 Å². The van der Waals surface area contributed by atoms with Crippen LogP contribution in [-0.4, -0.2) is 26.3 Å². The zero-order valence-corrected chi connectivity index (χ0v) is 18.4. The molecule has 0 saturated carbocycles. The zero-order chi connectivity index (χ0) is 21.3. The van der Waals surface area contributed by atoms with Crippen LogP contribution in [0.2, 0.25) is 0 Å². The van der Waals surface area contributed by atoms with E-state index in [2.05, 4.69) is 35.8 Å². The number of nitrogens with one attached hydrogen (secondary N) is 2. The van der Waals surface area contributed by atoms with E-state index < -0.39 is 0 Å². The number of carbonyl (C=O) groups is 1. The third kappa shape index (κ3) is 5.68. The molecule has 3 rings (SSSR count). The van der Waals surface area contributed by atoms with E-state index in [4.69, 9.17) is 9.47 Å². The fraction of sp³-hybridized carbons (Fsp3) is 0.480. The van der Waals surface area contributed by atoms with Crippen molar-refractivity contribution in [3.8, 4) is 11.5 Å². The summed E-state index contributed by atoms with van der Waals surface area (Å²) in [5.41, 5.74) is 5.21. The molecule has 1 aliphatic rings. The molecule has 0 aliphatic heterocycles. The summed E-state index contributed by atoms with van der Waals surface area (Å²) in [6, 6.07) is 12.5. The van der Waals surface area contributed by atoms with Gasteiger partial charge in [-0.3, -0.25) is 0 Å². The van der Waals surface area contributed by atoms with Crippen molar-refractivity contribution in [2.24, 2.45) is 0 Å². The van der Waals surface area contributed by atoms with Crippen LogP contribution in [-0.2, 0) is 19.3 Å². The van der Waals surface area contributed by atoms with Gasteiger partial charge in [0.15, 0.2) is 11.5 Å². The Balaban J connectivity index is 1.52. The number of aryl methyl sites for hydroxylation is 2. The Morgan fingerprint density at radius 3 is 2.57 bits per heavy atom. The van der Waals surface area contributed by atoms with Gasteiger partial charge < -0.3 is 20.1 Å². The average Bonchev–Trinajstić information content (AvgIpc) is 2.78. The lowest BCUT2D eigenvalue weighted by Gasteiger charge is -2.22. The van der Waals surface area contributed by atoms with Gasteiger partial charge in [0.25, 0.3) is 0 Å². The first kappa shape index (κ1) is 22.0. The SMILES string of the molecule is CCOc1ccc(CCNC(=O)NC(CC)c2ccc3c(c2)CCCC3)cc1OC. The van der Waals surface area contributed by atoms with Crippen molar-refractivity contribution in [3.05, 3.63) is 58.7 Å². The number of carbonyl (C=O) groups excluding carboxylic acids is 1. The van der Waals surface area contributed by atoms with E-state index in [1.165, 1.54) is 36.0 Å². The molecule has 30 heavy (non-hydrogen) atoms. The van der Waals surface area contributed by atoms with Crippen LogP contribution in [0.1, 0.15) is 61.4 Å². The van der Waals surface area contributed by atoms with Crippen LogP contribution in [0.15, 0.2) is 36.4 Å². The molecule has 1 unspecified atom stereocenters. The number of urea groups is 1. The second kappa shape index (κ2) is 10.9. The normalized spacial score (nSPS) is 13.8. The highest BCUT2D eigenvalue weighted by atomic mass is 16.5. The zero-order valence-electron chi connectivity index (χ0n) is 18.4. The minimum absolute atomic E-state index is 0.0304. The highest BCUT2D eigenvalue weighted by molar-refractivity contribution is 5.74. The van der Waals surface area contributed by atoms with E-state index >= 15 is 0 Å². The predicted octanol–water partition coefficient (Wildman–Crippen LogP) is 4.97. The van der Waals surface area contributed by atoms with Gasteiger partial charge in [-0.1, -0.05) is 31.2 Å². The number of methoxy groups -OCH3 is 1. The maximum Gasteiger partial charge on any atom is 0.315 e. The van der Waals surface area contributed by atoms with Crippen LogP contribution in [0.3, 0.4) is 0 Å². The molecule has 5 nitrogen and oxygen atoms in total. The lowest BCUT2D eigenvalue weighted by atomic mass is 9.89. The molecular weight excluding hydrogens is 376 g/mol. The summed E-state index contributed by atoms with van der Waals surface area (Å²) in [5.74, 6) is 1.46. The van der Waals surface area contributed by atoms with E-state index in [-0.39, 0.29) is 12.1 Å². The Kier molecular flexibility index (Phi) is 8.00. The van der Waals surface area contributed by atoms with Crippen LogP contribution in [0.4, 0.5) is 4.79 Å². The second-order valence-corrected chi connectivity index (χ2v) is 7.76. The molecule has 1 atom stereocenters. The lowest BCUT2D eigenvalue weighted by molar-refractivity contribution is 0.237. The topological polar surface area (TPSA) is 59.6 Å². The molecule has 2 aromatic rings. The van der Waals surface area contributed by atoms with Crippen molar-refractivity contribution in [3.63, 3.8) is 0 Å². The summed E-state index contributed by atoms with van der Waals surface area (Å²) in [6.07, 6.45) is 6.46. The molecule has 1 aliphatic carbocycles. The van der Waals surface area contributed by atoms with Crippen LogP contribution in [0, 0.1) is 0 Å². The number of hydrogen-bond acceptors (Lipinski definition) is 3. The molecule has 0 bridgehead atoms. The van der Waals surface area contributed by atoms with E-state index in [1.807, 2.05) is 25.1 Å². The first-order valence-electron chi connectivity index (χ1n) is 11.1. The summed E-state index contributed by atoms with van der Waals surface area (Å²) in [5, 5.41) is 6.11. The number of ether oxygens (including phenoxy) is 2. The maximum absolute atomic E-state index is 12.5. The Bertz CT molecular complexity index is 850. The Labute approximate surface area is 180 Å². The standard InChI is InChI=1S/C25H34N2O3/c1-4-22(21-12-11-19-8-6-7-9-20(19)17-21)27-25(28)26-15-14-18-10-13-23(30-5-2)24(16-18)29-3/h10-13,16-17,22H,4-9,14-15H2,1-3H3,(H2,26,27,28). The van der Waals surface area contributed by atoms with E-state index in [1.54, 1.807) is 7.11 Å². The molecule has 2 aromatic carbocycles. The van der Waals surface area contributed by atoms with Gasteiger partial charge in [-0.15, -0.1) is 0 Å². The second-order valence-electron chi connectivity index (χ2n) is 7.76. The van der Waals surface area contributed by atoms with Crippen LogP contribution in [0.5, 0.6) is 11.5 Å². The molecule has 0 aromatic heterocycles. The largest absolute Gasteiger partial charge is 0.493 e. The summed E-state index contributed by atoms with van der Waals surface area (Å²) >= 11 is 0. The summed E-state index contributed by atoms with van der Waals surface area (Å²) < 4.78 is 11.0. The van der Waals surface area contributed by atoms with Gasteiger partial charge in [0.2, 0.25) is 0 Å². The van der Waals surface area contributed by atoms with Crippen molar-refractivity contribution in [2.45, 2.75) is 58.4 Å². The van der Waals surface area contributed by atoms with E-state index in [0.717, 1.165) is 36.3 Å². The Morgan fingerprint density at radius 2 is 1.83 bits per heavy atom. The highest BCUT2D eigenvalue weighted by Gasteiger charge is 2.16. The van der Waals surface area contributed by atoms with Crippen molar-refractivity contribution in [2.75, 3.05) is 20.3 Å². The summed E-state index contributed by atoms with van der Waals surface area (Å²) in [6.45, 7) is 5.21. The first-order valence-corrected chi connectivity index (χ1v) is 11.1. The molecule has 162 valence electrons. The monoisotopic (exact) mass is 410 g/mol. The third-order valence-corrected chi connectivity index (χ3v) is 5.72. The van der Waals surface area contributed by atoms with Crippen LogP contribution < -0.4 is 20.1 Å². The lowest BCUT2D eigenvalue weighted by Crippen LogP contribution is -2.38. The average molecular weight is 411 g/mol. The quantitative estimate of drug-likeness (QED) is 0.614. The maximum atomic E-state index is 12.5. The fourth-order valence-electron chi connectivity index (χ4n) is 4.06. The molecular formula is C25H34N2O3. The molecule has 2 amide bonds. The number of amides is 2. The van der Waals surface area contributed by atoms with Crippen molar-refractivity contribution >= 4 is 6.03 Å². The van der Waals surface area contributed by atoms with Gasteiger partial charge >= 0.3 is 6.03 Å². The summed E-state index contributed by atoms with van der Waals surface area (Å²) in [7, 11) is 1.64. The van der Waals surface area contributed by atoms with Crippen LogP contribution in [0.25, 0.3) is 0 Å². The van der Waals surface area contributed by atoms with Crippen molar-refractivity contribution < 1.29 is 14.3 Å². The predicted molar refractivity (Wildman–Crippen MR) is 121 cm³/mol. The Hall–Kier alpha value is -2.69. The first-order chi connectivity index (χ1) is 14.6. The van der Waals surface area contributed by atoms with Gasteiger partial charge in [0, 0.05) is 6.54 Å². The van der Waals surface area contributed by atoms with Crippen LogP contribution >= 0.6 is 0 Å². The smallest absolute Gasteiger partial charge is 0.315 e. The van der Waals surface area contributed by atoms with Gasteiger partial charge in [-0.05, 0) is 79.8 Å². The van der Waals surface area contributed by atoms with Gasteiger partial charge in [0.1, 0.15) is 0 Å². The number of hydrogen-bond donors (Lipinski definition) is 2. The minimum atomic E-state index is -0.127. The third-order valence-electron chi connectivity index (χ3n) is 5.72. The van der Waals surface area contributed by atoms with E-state index in [0.29, 0.717) is 13.2 Å². The Morgan fingerprint density at radius 1 is 1.03 bits per heavy atom. The molecule has 0 radical (unpaired) electrons. The number of fused-ring (bicyclic) bond motifs is 1. The molecule has 0 saturated heterocycles. The highest BCUT2D eigenvalue weighted by Crippen LogP contribution is 2.28. The van der Waals surface area contributed by atoms with Crippen molar-refractivity contribution in [1.82, 2.24) is 10.6 Å². The minimum Gasteiger partial charge on any atom is -0.493 e. The molecule has 2 N–H and O–H groups in total. The van der Waals surface area contributed by atoms with Gasteiger partial charge in [0.05, 0.1) is 19.8 Å². The van der Waals surface area contributed by atoms with Crippen molar-refractivity contribution in [1.29, 1.82) is 0 Å². The molecule has 0 fully saturated rings. The summed E-state index contributed by atoms with van der Waals surface area (Å²) in [4.78, 5) is 12.5.